The van der Waals surface area contributed by atoms with Gasteiger partial charge in [0.25, 0.3) is 0 Å². The van der Waals surface area contributed by atoms with Crippen LogP contribution in [0.2, 0.25) is 4.34 Å². The predicted molar refractivity (Wildman–Crippen MR) is 70.7 cm³/mol. The lowest BCUT2D eigenvalue weighted by Gasteiger charge is -2.28. The van der Waals surface area contributed by atoms with Crippen LogP contribution < -0.4 is 4.72 Å². The van der Waals surface area contributed by atoms with Crippen LogP contribution in [0.4, 0.5) is 26.3 Å². The maximum atomic E-state index is 12.8. The Labute approximate surface area is 136 Å². The highest BCUT2D eigenvalue weighted by Crippen LogP contribution is 2.38. The third kappa shape index (κ3) is 6.10. The first kappa shape index (κ1) is 20.5. The van der Waals surface area contributed by atoms with Crippen molar-refractivity contribution in [2.24, 2.45) is 5.92 Å². The summed E-state index contributed by atoms with van der Waals surface area (Å²) in [7, 11) is -4.55. The number of aliphatic hydroxyl groups is 1. The average Bonchev–Trinajstić information content (AvgIpc) is 2.78. The Hall–Kier alpha value is -0.560. The second kappa shape index (κ2) is 7.13. The minimum absolute atomic E-state index is 0.0218. The van der Waals surface area contributed by atoms with Gasteiger partial charge in [-0.3, -0.25) is 0 Å². The molecule has 0 radical (unpaired) electrons. The van der Waals surface area contributed by atoms with E-state index < -0.39 is 51.6 Å². The fourth-order valence-electron chi connectivity index (χ4n) is 1.68. The zero-order valence-electron chi connectivity index (χ0n) is 10.9. The van der Waals surface area contributed by atoms with Crippen molar-refractivity contribution in [3.63, 3.8) is 0 Å². The SMILES string of the molecule is O=S(=O)(N[C@H](CO)C(CC(F)(F)F)C(F)(F)F)c1ccc(Cl)s1. The Kier molecular flexibility index (Phi) is 6.35. The van der Waals surface area contributed by atoms with Gasteiger partial charge in [0.2, 0.25) is 10.0 Å². The molecular formula is C10H10ClF6NO3S2. The third-order valence-electron chi connectivity index (χ3n) is 2.67. The van der Waals surface area contributed by atoms with E-state index in [0.29, 0.717) is 11.3 Å². The molecule has 1 aromatic rings. The van der Waals surface area contributed by atoms with Crippen molar-refractivity contribution < 1.29 is 39.9 Å². The van der Waals surface area contributed by atoms with Crippen molar-refractivity contribution in [2.45, 2.75) is 29.0 Å². The maximum absolute atomic E-state index is 12.8. The molecule has 0 aliphatic heterocycles. The fraction of sp³-hybridized carbons (Fsp3) is 0.600. The molecule has 1 unspecified atom stereocenters. The Morgan fingerprint density at radius 2 is 1.78 bits per heavy atom. The lowest BCUT2D eigenvalue weighted by Crippen LogP contribution is -2.49. The zero-order chi connectivity index (χ0) is 18.1. The van der Waals surface area contributed by atoms with Gasteiger partial charge in [0, 0.05) is 0 Å². The Bertz CT molecular complexity index is 627. The van der Waals surface area contributed by atoms with Gasteiger partial charge in [-0.15, -0.1) is 11.3 Å². The standard InChI is InChI=1S/C10H10ClF6NO3S2/c11-7-1-2-8(22-7)23(20,21)18-6(4-19)5(10(15,16)17)3-9(12,13)14/h1-2,5-6,18-19H,3-4H2/t5?,6-/m1/s1. The van der Waals surface area contributed by atoms with Crippen LogP contribution in [-0.4, -0.2) is 38.5 Å². The second-order valence-electron chi connectivity index (χ2n) is 4.44. The average molecular weight is 406 g/mol. The molecule has 4 nitrogen and oxygen atoms in total. The second-order valence-corrected chi connectivity index (χ2v) is 8.09. The quantitative estimate of drug-likeness (QED) is 0.714. The number of nitrogens with one attached hydrogen (secondary N) is 1. The van der Waals surface area contributed by atoms with E-state index in [9.17, 15) is 34.8 Å². The first-order valence-electron chi connectivity index (χ1n) is 5.78. The number of rotatable bonds is 6. The molecule has 0 saturated heterocycles. The maximum Gasteiger partial charge on any atom is 0.393 e. The fourth-order valence-corrected chi connectivity index (χ4v) is 4.45. The largest absolute Gasteiger partial charge is 0.395 e. The van der Waals surface area contributed by atoms with Crippen molar-refractivity contribution in [3.8, 4) is 0 Å². The van der Waals surface area contributed by atoms with E-state index in [1.54, 1.807) is 0 Å². The molecule has 0 aromatic carbocycles. The lowest BCUT2D eigenvalue weighted by atomic mass is 9.96. The van der Waals surface area contributed by atoms with Crippen LogP contribution >= 0.6 is 22.9 Å². The number of sulfonamides is 1. The molecule has 1 aromatic heterocycles. The van der Waals surface area contributed by atoms with Gasteiger partial charge in [-0.1, -0.05) is 11.6 Å². The molecule has 2 N–H and O–H groups in total. The summed E-state index contributed by atoms with van der Waals surface area (Å²) in [6.45, 7) is -1.46. The van der Waals surface area contributed by atoms with Crippen LogP contribution in [0.3, 0.4) is 0 Å². The van der Waals surface area contributed by atoms with Crippen molar-refractivity contribution in [1.29, 1.82) is 0 Å². The van der Waals surface area contributed by atoms with Crippen LogP contribution in [0.1, 0.15) is 6.42 Å². The molecule has 2 atom stereocenters. The summed E-state index contributed by atoms with van der Waals surface area (Å²) < 4.78 is 100. The molecule has 0 aliphatic carbocycles. The summed E-state index contributed by atoms with van der Waals surface area (Å²) in [6, 6.07) is -0.246. The van der Waals surface area contributed by atoms with E-state index in [4.69, 9.17) is 16.7 Å². The van der Waals surface area contributed by atoms with Crippen molar-refractivity contribution in [3.05, 3.63) is 16.5 Å². The van der Waals surface area contributed by atoms with Crippen molar-refractivity contribution in [2.75, 3.05) is 6.61 Å². The third-order valence-corrected chi connectivity index (χ3v) is 5.89. The first-order valence-corrected chi connectivity index (χ1v) is 8.46. The molecule has 0 aliphatic rings. The first-order chi connectivity index (χ1) is 10.3. The highest BCUT2D eigenvalue weighted by atomic mass is 35.5. The summed E-state index contributed by atoms with van der Waals surface area (Å²) in [5, 5.41) is 8.96. The van der Waals surface area contributed by atoms with Gasteiger partial charge in [-0.05, 0) is 12.1 Å². The van der Waals surface area contributed by atoms with E-state index in [0.717, 1.165) is 12.1 Å². The summed E-state index contributed by atoms with van der Waals surface area (Å²) in [6.07, 6.45) is -12.9. The van der Waals surface area contributed by atoms with Gasteiger partial charge in [-0.25, -0.2) is 13.1 Å². The van der Waals surface area contributed by atoms with Gasteiger partial charge >= 0.3 is 12.4 Å². The number of hydrogen-bond acceptors (Lipinski definition) is 4. The molecule has 1 heterocycles. The van der Waals surface area contributed by atoms with E-state index in [2.05, 4.69) is 0 Å². The number of halogens is 7. The zero-order valence-corrected chi connectivity index (χ0v) is 13.3. The van der Waals surface area contributed by atoms with Gasteiger partial charge in [0.05, 0.1) is 29.3 Å². The van der Waals surface area contributed by atoms with E-state index >= 15 is 0 Å². The molecule has 13 heteroatoms. The summed E-state index contributed by atoms with van der Waals surface area (Å²) in [4.78, 5) is 0. The van der Waals surface area contributed by atoms with E-state index in [-0.39, 0.29) is 4.34 Å². The van der Waals surface area contributed by atoms with E-state index in [1.807, 2.05) is 0 Å². The number of thiophene rings is 1. The molecule has 23 heavy (non-hydrogen) atoms. The summed E-state index contributed by atoms with van der Waals surface area (Å²) in [5.74, 6) is -3.13. The van der Waals surface area contributed by atoms with E-state index in [1.165, 1.54) is 4.72 Å². The molecule has 0 amide bonds. The molecule has 1 rings (SSSR count). The van der Waals surface area contributed by atoms with Gasteiger partial charge < -0.3 is 5.11 Å². The monoisotopic (exact) mass is 405 g/mol. The number of hydrogen-bond donors (Lipinski definition) is 2. The van der Waals surface area contributed by atoms with Gasteiger partial charge in [-0.2, -0.15) is 26.3 Å². The van der Waals surface area contributed by atoms with Crippen LogP contribution in [-0.2, 0) is 10.0 Å². The van der Waals surface area contributed by atoms with Crippen LogP contribution in [0.15, 0.2) is 16.3 Å². The normalized spacial score (nSPS) is 16.3. The number of aliphatic hydroxyl groups excluding tert-OH is 1. The van der Waals surface area contributed by atoms with Gasteiger partial charge in [0.1, 0.15) is 4.21 Å². The van der Waals surface area contributed by atoms with Crippen molar-refractivity contribution >= 4 is 33.0 Å². The van der Waals surface area contributed by atoms with Crippen LogP contribution in [0.25, 0.3) is 0 Å². The topological polar surface area (TPSA) is 66.4 Å². The van der Waals surface area contributed by atoms with Crippen molar-refractivity contribution in [1.82, 2.24) is 4.72 Å². The molecule has 0 bridgehead atoms. The Morgan fingerprint density at radius 1 is 1.22 bits per heavy atom. The molecular weight excluding hydrogens is 396 g/mol. The highest BCUT2D eigenvalue weighted by molar-refractivity contribution is 7.91. The molecule has 134 valence electrons. The molecule has 0 fully saturated rings. The van der Waals surface area contributed by atoms with Crippen LogP contribution in [0.5, 0.6) is 0 Å². The molecule has 0 saturated carbocycles. The smallest absolute Gasteiger partial charge is 0.393 e. The van der Waals surface area contributed by atoms with Crippen LogP contribution in [0, 0.1) is 5.92 Å². The number of alkyl halides is 6. The molecule has 0 spiro atoms. The lowest BCUT2D eigenvalue weighted by molar-refractivity contribution is -0.226. The predicted octanol–water partition coefficient (Wildman–Crippen LogP) is 3.17. The summed E-state index contributed by atoms with van der Waals surface area (Å²) >= 11 is 6.02. The van der Waals surface area contributed by atoms with Gasteiger partial charge in [0.15, 0.2) is 0 Å². The minimum Gasteiger partial charge on any atom is -0.395 e. The minimum atomic E-state index is -5.36. The Balaban J connectivity index is 3.08. The highest BCUT2D eigenvalue weighted by Gasteiger charge is 2.51. The summed E-state index contributed by atoms with van der Waals surface area (Å²) in [5.41, 5.74) is 0. The Morgan fingerprint density at radius 3 is 2.13 bits per heavy atom.